The minimum atomic E-state index is -3.63. The third-order valence-electron chi connectivity index (χ3n) is 7.40. The average Bonchev–Trinajstić information content (AvgIpc) is 3.23. The molecule has 0 N–H and O–H groups in total. The highest BCUT2D eigenvalue weighted by Crippen LogP contribution is 2.33. The van der Waals surface area contributed by atoms with Crippen LogP contribution in [-0.4, -0.2) is 67.0 Å². The molecule has 206 valence electrons. The number of hydrogen-bond acceptors (Lipinski definition) is 6. The Labute approximate surface area is 226 Å². The summed E-state index contributed by atoms with van der Waals surface area (Å²) < 4.78 is 40.2. The molecule has 1 unspecified atom stereocenters. The van der Waals surface area contributed by atoms with Gasteiger partial charge in [0, 0.05) is 51.7 Å². The van der Waals surface area contributed by atoms with E-state index in [4.69, 9.17) is 9.47 Å². The van der Waals surface area contributed by atoms with Crippen LogP contribution in [0.2, 0.25) is 0 Å². The monoisotopic (exact) mass is 541 g/mol. The maximum absolute atomic E-state index is 13.5. The number of benzene rings is 2. The number of piperidine rings is 1. The molecule has 9 heteroatoms. The van der Waals surface area contributed by atoms with Crippen molar-refractivity contribution in [2.24, 2.45) is 5.92 Å². The van der Waals surface area contributed by atoms with Gasteiger partial charge in [-0.05, 0) is 68.9 Å². The molecule has 38 heavy (non-hydrogen) atoms. The van der Waals surface area contributed by atoms with E-state index < -0.39 is 15.6 Å². The number of carbonyl (C=O) groups excluding carboxylic acids is 1. The minimum absolute atomic E-state index is 0.110. The van der Waals surface area contributed by atoms with E-state index in [1.165, 1.54) is 15.4 Å². The van der Waals surface area contributed by atoms with E-state index in [9.17, 15) is 13.2 Å². The topological polar surface area (TPSA) is 79.4 Å². The Bertz CT molecular complexity index is 1240. The number of rotatable bonds is 7. The van der Waals surface area contributed by atoms with Gasteiger partial charge in [-0.15, -0.1) is 0 Å². The normalized spacial score (nSPS) is 20.6. The van der Waals surface area contributed by atoms with Gasteiger partial charge < -0.3 is 14.4 Å². The molecule has 3 aliphatic heterocycles. The summed E-state index contributed by atoms with van der Waals surface area (Å²) in [7, 11) is -3.63. The second-order valence-corrected chi connectivity index (χ2v) is 13.6. The SMILES string of the molecule is CC(C)(C)OC(=O)N1CCCC(COc2ccc(CN3Cc4ccccc4C3)cc2S(=O)(=O)N2CCC2)C1. The number of likely N-dealkylation sites (tertiary alicyclic amines) is 1. The number of sulfonamides is 1. The van der Waals surface area contributed by atoms with Crippen LogP contribution in [0.1, 0.15) is 56.7 Å². The van der Waals surface area contributed by atoms with Gasteiger partial charge in [0.05, 0.1) is 6.61 Å². The molecule has 3 aliphatic rings. The summed E-state index contributed by atoms with van der Waals surface area (Å²) in [5.74, 6) is 0.498. The van der Waals surface area contributed by atoms with Crippen LogP contribution >= 0.6 is 0 Å². The number of ether oxygens (including phenoxy) is 2. The van der Waals surface area contributed by atoms with Crippen LogP contribution in [0.25, 0.3) is 0 Å². The summed E-state index contributed by atoms with van der Waals surface area (Å²) in [4.78, 5) is 16.9. The van der Waals surface area contributed by atoms with Crippen molar-refractivity contribution in [1.29, 1.82) is 0 Å². The Morgan fingerprint density at radius 3 is 2.34 bits per heavy atom. The second kappa shape index (κ2) is 10.9. The molecular weight excluding hydrogens is 502 g/mol. The predicted octanol–water partition coefficient (Wildman–Crippen LogP) is 4.62. The molecule has 0 radical (unpaired) electrons. The van der Waals surface area contributed by atoms with Gasteiger partial charge in [0.15, 0.2) is 0 Å². The molecule has 2 fully saturated rings. The lowest BCUT2D eigenvalue weighted by atomic mass is 9.99. The number of hydrogen-bond donors (Lipinski definition) is 0. The molecule has 1 atom stereocenters. The molecular formula is C29H39N3O5S. The zero-order valence-electron chi connectivity index (χ0n) is 22.7. The number of nitrogens with zero attached hydrogens (tertiary/aromatic N) is 3. The summed E-state index contributed by atoms with van der Waals surface area (Å²) in [5, 5.41) is 0. The van der Waals surface area contributed by atoms with Crippen molar-refractivity contribution in [3.8, 4) is 5.75 Å². The smallest absolute Gasteiger partial charge is 0.410 e. The van der Waals surface area contributed by atoms with Crippen LogP contribution in [0.15, 0.2) is 47.4 Å². The summed E-state index contributed by atoms with van der Waals surface area (Å²) in [5.41, 5.74) is 3.07. The first kappa shape index (κ1) is 27.0. The van der Waals surface area contributed by atoms with Crippen LogP contribution in [0.5, 0.6) is 5.75 Å². The molecule has 2 saturated heterocycles. The first-order valence-electron chi connectivity index (χ1n) is 13.6. The second-order valence-electron chi connectivity index (χ2n) is 11.7. The van der Waals surface area contributed by atoms with E-state index in [1.807, 2.05) is 26.8 Å². The van der Waals surface area contributed by atoms with Crippen LogP contribution < -0.4 is 4.74 Å². The third kappa shape index (κ3) is 6.16. The van der Waals surface area contributed by atoms with Gasteiger partial charge in [0.2, 0.25) is 10.0 Å². The number of carbonyl (C=O) groups is 1. The Hall–Kier alpha value is -2.62. The lowest BCUT2D eigenvalue weighted by molar-refractivity contribution is 0.0138. The van der Waals surface area contributed by atoms with E-state index in [2.05, 4.69) is 29.2 Å². The average molecular weight is 542 g/mol. The molecule has 0 aliphatic carbocycles. The molecule has 8 nitrogen and oxygen atoms in total. The third-order valence-corrected chi connectivity index (χ3v) is 9.32. The quantitative estimate of drug-likeness (QED) is 0.509. The zero-order chi connectivity index (χ0) is 26.9. The van der Waals surface area contributed by atoms with Crippen LogP contribution in [0.3, 0.4) is 0 Å². The van der Waals surface area contributed by atoms with Crippen LogP contribution in [-0.2, 0) is 34.4 Å². The molecule has 0 saturated carbocycles. The fraction of sp³-hybridized carbons (Fsp3) is 0.552. The Balaban J connectivity index is 1.29. The van der Waals surface area contributed by atoms with E-state index in [0.29, 0.717) is 45.1 Å². The molecule has 0 bridgehead atoms. The largest absolute Gasteiger partial charge is 0.492 e. The number of amides is 1. The molecule has 2 aromatic rings. The van der Waals surface area contributed by atoms with E-state index >= 15 is 0 Å². The van der Waals surface area contributed by atoms with E-state index in [1.54, 1.807) is 17.0 Å². The fourth-order valence-electron chi connectivity index (χ4n) is 5.31. The van der Waals surface area contributed by atoms with Gasteiger partial charge in [-0.1, -0.05) is 30.3 Å². The van der Waals surface area contributed by atoms with E-state index in [0.717, 1.165) is 37.9 Å². The minimum Gasteiger partial charge on any atom is -0.492 e. The van der Waals surface area contributed by atoms with E-state index in [-0.39, 0.29) is 16.9 Å². The standard InChI is InChI=1S/C29H39N3O5S/c1-29(2,3)37-28(33)31-13-6-8-23(18-31)21-36-26-12-11-22(16-27(26)38(34,35)32-14-7-15-32)17-30-19-24-9-4-5-10-25(24)20-30/h4-5,9-12,16,23H,6-8,13-15,17-21H2,1-3H3. The van der Waals surface area contributed by atoms with Gasteiger partial charge in [-0.3, -0.25) is 4.90 Å². The summed E-state index contributed by atoms with van der Waals surface area (Å²) in [6.07, 6.45) is 2.35. The van der Waals surface area contributed by atoms with Crippen molar-refractivity contribution in [3.05, 3.63) is 59.2 Å². The zero-order valence-corrected chi connectivity index (χ0v) is 23.5. The van der Waals surface area contributed by atoms with Crippen LogP contribution in [0.4, 0.5) is 4.79 Å². The fourth-order valence-corrected chi connectivity index (χ4v) is 7.01. The number of fused-ring (bicyclic) bond motifs is 1. The molecule has 0 spiro atoms. The van der Waals surface area contributed by atoms with Crippen molar-refractivity contribution >= 4 is 16.1 Å². The van der Waals surface area contributed by atoms with Crippen LogP contribution in [0, 0.1) is 5.92 Å². The van der Waals surface area contributed by atoms with Gasteiger partial charge >= 0.3 is 6.09 Å². The highest BCUT2D eigenvalue weighted by atomic mass is 32.2. The predicted molar refractivity (Wildman–Crippen MR) is 145 cm³/mol. The van der Waals surface area contributed by atoms with Gasteiger partial charge in [-0.25, -0.2) is 13.2 Å². The lowest BCUT2D eigenvalue weighted by Crippen LogP contribution is -2.44. The molecule has 1 amide bonds. The Kier molecular flexibility index (Phi) is 7.71. The highest BCUT2D eigenvalue weighted by molar-refractivity contribution is 7.89. The first-order chi connectivity index (χ1) is 18.1. The van der Waals surface area contributed by atoms with Crippen molar-refractivity contribution in [2.75, 3.05) is 32.8 Å². The molecule has 5 rings (SSSR count). The Morgan fingerprint density at radius 2 is 1.71 bits per heavy atom. The van der Waals surface area contributed by atoms with Gasteiger partial charge in [0.1, 0.15) is 16.2 Å². The highest BCUT2D eigenvalue weighted by Gasteiger charge is 2.33. The molecule has 3 heterocycles. The maximum Gasteiger partial charge on any atom is 0.410 e. The van der Waals surface area contributed by atoms with Crippen molar-refractivity contribution < 1.29 is 22.7 Å². The van der Waals surface area contributed by atoms with Crippen molar-refractivity contribution in [1.82, 2.24) is 14.1 Å². The van der Waals surface area contributed by atoms with Gasteiger partial charge in [0.25, 0.3) is 0 Å². The summed E-state index contributed by atoms with van der Waals surface area (Å²) in [6.45, 7) is 10.6. The lowest BCUT2D eigenvalue weighted by Gasteiger charge is -2.34. The molecule has 0 aromatic heterocycles. The maximum atomic E-state index is 13.5. The van der Waals surface area contributed by atoms with Crippen molar-refractivity contribution in [2.45, 2.75) is 70.2 Å². The first-order valence-corrected chi connectivity index (χ1v) is 15.1. The molecule has 2 aromatic carbocycles. The Morgan fingerprint density at radius 1 is 1.00 bits per heavy atom. The van der Waals surface area contributed by atoms with Gasteiger partial charge in [-0.2, -0.15) is 4.31 Å². The summed E-state index contributed by atoms with van der Waals surface area (Å²) in [6, 6.07) is 14.0. The summed E-state index contributed by atoms with van der Waals surface area (Å²) >= 11 is 0. The van der Waals surface area contributed by atoms with Crippen molar-refractivity contribution in [3.63, 3.8) is 0 Å².